The molecule has 0 spiro atoms. The van der Waals surface area contributed by atoms with Gasteiger partial charge in [0, 0.05) is 29.0 Å². The van der Waals surface area contributed by atoms with Gasteiger partial charge in [-0.15, -0.1) is 0 Å². The van der Waals surface area contributed by atoms with Gasteiger partial charge in [-0.2, -0.15) is 0 Å². The van der Waals surface area contributed by atoms with Gasteiger partial charge in [-0.3, -0.25) is 4.98 Å². The third kappa shape index (κ3) is 4.29. The summed E-state index contributed by atoms with van der Waals surface area (Å²) in [6.45, 7) is 10.4. The molecule has 0 bridgehead atoms. The molecule has 4 aromatic rings. The van der Waals surface area contributed by atoms with Crippen LogP contribution < -0.4 is 10.2 Å². The van der Waals surface area contributed by atoms with Crippen LogP contribution in [0.2, 0.25) is 0 Å². The van der Waals surface area contributed by atoms with Crippen molar-refractivity contribution in [1.82, 2.24) is 14.9 Å². The van der Waals surface area contributed by atoms with Gasteiger partial charge in [0.05, 0.1) is 23.3 Å². The van der Waals surface area contributed by atoms with Crippen molar-refractivity contribution in [3.05, 3.63) is 112 Å². The second-order valence-electron chi connectivity index (χ2n) is 9.73. The van der Waals surface area contributed by atoms with Crippen LogP contribution in [-0.2, 0) is 0 Å². The van der Waals surface area contributed by atoms with E-state index in [-0.39, 0.29) is 17.6 Å². The molecule has 6 nitrogen and oxygen atoms in total. The molecule has 2 aromatic heterocycles. The first-order chi connectivity index (χ1) is 17.7. The number of pyridine rings is 1. The lowest BCUT2D eigenvalue weighted by atomic mass is 9.96. The quantitative estimate of drug-likeness (QED) is 0.308. The minimum atomic E-state index is -0.939. The van der Waals surface area contributed by atoms with Crippen LogP contribution in [0.3, 0.4) is 0 Å². The predicted octanol–water partition coefficient (Wildman–Crippen LogP) is 6.29. The Morgan fingerprint density at radius 2 is 1.70 bits per heavy atom. The summed E-state index contributed by atoms with van der Waals surface area (Å²) >= 11 is 5.91. The van der Waals surface area contributed by atoms with E-state index in [0.717, 1.165) is 39.6 Å². The molecule has 1 fully saturated rings. The standard InChI is InChI=1S/C30H30N4O2S/c1-17-10-12-23(14-19(17)3)34-28(27(32-30(34)37)25-8-6-7-13-31-25)24-15-20(4)33(21(24)5)26-16-22(29(35)36)11-9-18(26)2/h6-16,27-28H,1-5H3,(H,32,37)(H,35,36)/t27-,28+/m1/s1. The molecule has 0 aliphatic carbocycles. The Kier molecular flexibility index (Phi) is 6.33. The first-order valence-corrected chi connectivity index (χ1v) is 12.7. The third-order valence-corrected chi connectivity index (χ3v) is 7.67. The number of carboxylic acids is 1. The largest absolute Gasteiger partial charge is 0.478 e. The van der Waals surface area contributed by atoms with E-state index in [2.05, 4.69) is 71.7 Å². The first-order valence-electron chi connectivity index (χ1n) is 12.3. The van der Waals surface area contributed by atoms with Gasteiger partial charge in [0.15, 0.2) is 5.11 Å². The second kappa shape index (κ2) is 9.48. The van der Waals surface area contributed by atoms with E-state index in [1.54, 1.807) is 18.3 Å². The zero-order valence-electron chi connectivity index (χ0n) is 21.6. The lowest BCUT2D eigenvalue weighted by Crippen LogP contribution is -2.29. The molecule has 2 N–H and O–H groups in total. The molecule has 1 aliphatic rings. The molecule has 0 saturated carbocycles. The van der Waals surface area contributed by atoms with Gasteiger partial charge >= 0.3 is 5.97 Å². The van der Waals surface area contributed by atoms with Crippen LogP contribution in [0, 0.1) is 34.6 Å². The van der Waals surface area contributed by atoms with Crippen molar-refractivity contribution in [1.29, 1.82) is 0 Å². The molecule has 0 unspecified atom stereocenters. The average Bonchev–Trinajstić information content (AvgIpc) is 3.36. The number of benzene rings is 2. The molecule has 188 valence electrons. The molecular formula is C30H30N4O2S. The van der Waals surface area contributed by atoms with Crippen molar-refractivity contribution in [2.45, 2.75) is 46.7 Å². The number of aryl methyl sites for hydroxylation is 4. The lowest BCUT2D eigenvalue weighted by Gasteiger charge is -2.28. The van der Waals surface area contributed by atoms with E-state index in [4.69, 9.17) is 12.2 Å². The van der Waals surface area contributed by atoms with E-state index in [9.17, 15) is 9.90 Å². The van der Waals surface area contributed by atoms with Crippen LogP contribution in [0.5, 0.6) is 0 Å². The molecule has 1 aliphatic heterocycles. The Morgan fingerprint density at radius 3 is 2.38 bits per heavy atom. The van der Waals surface area contributed by atoms with Crippen molar-refractivity contribution in [2.75, 3.05) is 4.90 Å². The van der Waals surface area contributed by atoms with Gasteiger partial charge in [-0.1, -0.05) is 18.2 Å². The minimum absolute atomic E-state index is 0.146. The maximum absolute atomic E-state index is 11.7. The zero-order chi connectivity index (χ0) is 26.4. The number of nitrogens with zero attached hydrogens (tertiary/aromatic N) is 3. The van der Waals surface area contributed by atoms with E-state index in [0.29, 0.717) is 5.11 Å². The van der Waals surface area contributed by atoms with Crippen molar-refractivity contribution in [3.63, 3.8) is 0 Å². The van der Waals surface area contributed by atoms with Crippen LogP contribution in [-0.4, -0.2) is 25.7 Å². The molecule has 2 atom stereocenters. The summed E-state index contributed by atoms with van der Waals surface area (Å²) in [6.07, 6.45) is 1.81. The van der Waals surface area contributed by atoms with Crippen molar-refractivity contribution >= 4 is 29.0 Å². The highest BCUT2D eigenvalue weighted by Crippen LogP contribution is 2.44. The van der Waals surface area contributed by atoms with E-state index >= 15 is 0 Å². The van der Waals surface area contributed by atoms with Gasteiger partial charge in [-0.05, 0) is 112 Å². The number of carboxylic acid groups (broad SMARTS) is 1. The highest BCUT2D eigenvalue weighted by atomic mass is 32.1. The lowest BCUT2D eigenvalue weighted by molar-refractivity contribution is 0.0697. The smallest absolute Gasteiger partial charge is 0.335 e. The SMILES string of the molecule is Cc1ccc(N2C(=S)N[C@H](c3ccccn3)[C@@H]2c2cc(C)n(-c3cc(C(=O)O)ccc3C)c2C)cc1C. The molecule has 0 amide bonds. The van der Waals surface area contributed by atoms with Gasteiger partial charge in [0.2, 0.25) is 0 Å². The molecule has 0 radical (unpaired) electrons. The molecule has 5 rings (SSSR count). The van der Waals surface area contributed by atoms with Crippen molar-refractivity contribution in [3.8, 4) is 5.69 Å². The third-order valence-electron chi connectivity index (χ3n) is 7.35. The number of thiocarbonyl (C=S) groups is 1. The predicted molar refractivity (Wildman–Crippen MR) is 151 cm³/mol. The molecule has 2 aromatic carbocycles. The minimum Gasteiger partial charge on any atom is -0.478 e. The maximum Gasteiger partial charge on any atom is 0.335 e. The number of aromatic carboxylic acids is 1. The fraction of sp³-hybridized carbons (Fsp3) is 0.233. The van der Waals surface area contributed by atoms with Crippen LogP contribution in [0.1, 0.15) is 61.8 Å². The monoisotopic (exact) mass is 510 g/mol. The number of hydrogen-bond donors (Lipinski definition) is 2. The van der Waals surface area contributed by atoms with Gasteiger partial charge in [0.1, 0.15) is 0 Å². The highest BCUT2D eigenvalue weighted by molar-refractivity contribution is 7.80. The molecular weight excluding hydrogens is 480 g/mol. The summed E-state index contributed by atoms with van der Waals surface area (Å²) in [5, 5.41) is 13.8. The summed E-state index contributed by atoms with van der Waals surface area (Å²) in [5.41, 5.74) is 9.67. The fourth-order valence-electron chi connectivity index (χ4n) is 5.27. The first kappa shape index (κ1) is 24.7. The highest BCUT2D eigenvalue weighted by Gasteiger charge is 2.42. The Labute approximate surface area is 222 Å². The number of hydrogen-bond acceptors (Lipinski definition) is 3. The van der Waals surface area contributed by atoms with E-state index in [1.165, 1.54) is 11.1 Å². The average molecular weight is 511 g/mol. The summed E-state index contributed by atoms with van der Waals surface area (Å²) in [4.78, 5) is 18.6. The normalized spacial score (nSPS) is 17.2. The van der Waals surface area contributed by atoms with E-state index in [1.807, 2.05) is 31.2 Å². The van der Waals surface area contributed by atoms with Gasteiger partial charge in [-0.25, -0.2) is 4.79 Å². The Hall–Kier alpha value is -3.97. The Balaban J connectivity index is 1.71. The number of carbonyl (C=O) groups is 1. The molecule has 37 heavy (non-hydrogen) atoms. The van der Waals surface area contributed by atoms with Crippen molar-refractivity contribution < 1.29 is 9.90 Å². The van der Waals surface area contributed by atoms with Crippen molar-refractivity contribution in [2.24, 2.45) is 0 Å². The summed E-state index contributed by atoms with van der Waals surface area (Å²) in [7, 11) is 0. The van der Waals surface area contributed by atoms with Gasteiger partial charge < -0.3 is 19.9 Å². The number of aromatic nitrogens is 2. The van der Waals surface area contributed by atoms with Crippen LogP contribution in [0.4, 0.5) is 5.69 Å². The molecule has 1 saturated heterocycles. The van der Waals surface area contributed by atoms with Gasteiger partial charge in [0.25, 0.3) is 0 Å². The topological polar surface area (TPSA) is 70.4 Å². The second-order valence-corrected chi connectivity index (χ2v) is 10.1. The molecule has 7 heteroatoms. The summed E-state index contributed by atoms with van der Waals surface area (Å²) in [6, 6.07) is 19.5. The molecule has 3 heterocycles. The van der Waals surface area contributed by atoms with Crippen LogP contribution in [0.15, 0.2) is 66.9 Å². The van der Waals surface area contributed by atoms with Crippen LogP contribution in [0.25, 0.3) is 5.69 Å². The number of nitrogens with one attached hydrogen (secondary N) is 1. The Bertz CT molecular complexity index is 1530. The summed E-state index contributed by atoms with van der Waals surface area (Å²) in [5.74, 6) is -0.939. The number of anilines is 1. The maximum atomic E-state index is 11.7. The van der Waals surface area contributed by atoms with E-state index < -0.39 is 5.97 Å². The summed E-state index contributed by atoms with van der Waals surface area (Å²) < 4.78 is 2.15. The zero-order valence-corrected chi connectivity index (χ0v) is 22.4. The Morgan fingerprint density at radius 1 is 0.946 bits per heavy atom. The van der Waals surface area contributed by atoms with Crippen LogP contribution >= 0.6 is 12.2 Å². The fourth-order valence-corrected chi connectivity index (χ4v) is 5.61. The number of rotatable bonds is 5.